The van der Waals surface area contributed by atoms with Crippen LogP contribution < -0.4 is 9.80 Å². The van der Waals surface area contributed by atoms with Crippen molar-refractivity contribution >= 4 is 23.4 Å². The maximum absolute atomic E-state index is 13.8. The molecule has 2 aliphatic rings. The normalized spacial score (nSPS) is 26.4. The molecule has 2 aliphatic heterocycles. The van der Waals surface area contributed by atoms with Crippen molar-refractivity contribution in [1.29, 1.82) is 0 Å². The second-order valence-electron chi connectivity index (χ2n) is 6.91. The number of halogens is 2. The number of likely N-dealkylation sites (N-methyl/N-ethyl adjacent to an activating group) is 1. The van der Waals surface area contributed by atoms with Gasteiger partial charge in [0, 0.05) is 26.8 Å². The molecule has 126 valence electrons. The fourth-order valence-corrected chi connectivity index (χ4v) is 5.19. The summed E-state index contributed by atoms with van der Waals surface area (Å²) in [6, 6.07) is 11.8. The molecule has 2 N–H and O–H groups in total. The Morgan fingerprint density at radius 3 is 2.62 bits per heavy atom. The monoisotopic (exact) mass is 364 g/mol. The lowest BCUT2D eigenvalue weighted by molar-refractivity contribution is -1.02. The second-order valence-corrected chi connectivity index (χ2v) is 8.43. The Hall–Kier alpha value is -1.07. The van der Waals surface area contributed by atoms with Gasteiger partial charge in [-0.3, -0.25) is 0 Å². The molecular weight excluding hydrogens is 343 g/mol. The molecule has 0 bridgehead atoms. The number of nitrogens with one attached hydrogen (secondary N) is 2. The standard InChI is InChI=1S/C19H20ClFN2S/c1-22-6-8-23(9-7-22)17-11-13-10-14(20)2-5-18(13)24-19-12-15(21)3-4-16(17)19/h2-5,10,12,17H,6-9,11H2,1H3/p+2/t17-/m1/s1. The van der Waals surface area contributed by atoms with Crippen LogP contribution in [0, 0.1) is 5.82 Å². The van der Waals surface area contributed by atoms with Crippen molar-refractivity contribution in [3.8, 4) is 0 Å². The second kappa shape index (κ2) is 6.68. The molecule has 2 aromatic rings. The molecule has 0 amide bonds. The van der Waals surface area contributed by atoms with Crippen molar-refractivity contribution in [2.75, 3.05) is 33.2 Å². The van der Waals surface area contributed by atoms with Crippen LogP contribution in [0.4, 0.5) is 4.39 Å². The van der Waals surface area contributed by atoms with Gasteiger partial charge in [-0.2, -0.15) is 0 Å². The minimum atomic E-state index is -0.157. The summed E-state index contributed by atoms with van der Waals surface area (Å²) in [5.41, 5.74) is 2.57. The minimum absolute atomic E-state index is 0.157. The van der Waals surface area contributed by atoms with Gasteiger partial charge in [-0.1, -0.05) is 23.4 Å². The highest BCUT2D eigenvalue weighted by molar-refractivity contribution is 7.99. The van der Waals surface area contributed by atoms with Crippen LogP contribution in [0.15, 0.2) is 46.2 Å². The number of hydrogen-bond donors (Lipinski definition) is 2. The van der Waals surface area contributed by atoms with Gasteiger partial charge < -0.3 is 9.80 Å². The third kappa shape index (κ3) is 3.21. The highest BCUT2D eigenvalue weighted by atomic mass is 35.5. The lowest BCUT2D eigenvalue weighted by Crippen LogP contribution is -3.27. The summed E-state index contributed by atoms with van der Waals surface area (Å²) in [6.07, 6.45) is 0.968. The number of piperazine rings is 1. The Bertz CT molecular complexity index is 759. The summed E-state index contributed by atoms with van der Waals surface area (Å²) in [5.74, 6) is -0.157. The first-order valence-corrected chi connectivity index (χ1v) is 9.71. The fourth-order valence-electron chi connectivity index (χ4n) is 3.85. The molecule has 0 aliphatic carbocycles. The van der Waals surface area contributed by atoms with E-state index in [0.29, 0.717) is 6.04 Å². The average Bonchev–Trinajstić information content (AvgIpc) is 2.71. The predicted octanol–water partition coefficient (Wildman–Crippen LogP) is 1.64. The molecule has 1 fully saturated rings. The summed E-state index contributed by atoms with van der Waals surface area (Å²) in [4.78, 5) is 5.47. The molecule has 24 heavy (non-hydrogen) atoms. The van der Waals surface area contributed by atoms with Crippen LogP contribution in [-0.4, -0.2) is 33.2 Å². The Balaban J connectivity index is 1.77. The molecule has 2 heterocycles. The highest BCUT2D eigenvalue weighted by Gasteiger charge is 2.33. The summed E-state index contributed by atoms with van der Waals surface area (Å²) in [6.45, 7) is 4.71. The predicted molar refractivity (Wildman–Crippen MR) is 95.7 cm³/mol. The number of fused-ring (bicyclic) bond motifs is 2. The third-order valence-corrected chi connectivity index (χ3v) is 6.68. The maximum atomic E-state index is 13.8. The first-order valence-electron chi connectivity index (χ1n) is 8.52. The van der Waals surface area contributed by atoms with E-state index in [-0.39, 0.29) is 5.82 Å². The summed E-state index contributed by atoms with van der Waals surface area (Å²) < 4.78 is 13.8. The first kappa shape index (κ1) is 16.4. The van der Waals surface area contributed by atoms with Gasteiger partial charge in [0.2, 0.25) is 0 Å². The van der Waals surface area contributed by atoms with Crippen LogP contribution >= 0.6 is 23.4 Å². The first-order chi connectivity index (χ1) is 11.6. The van der Waals surface area contributed by atoms with Crippen LogP contribution in [0.1, 0.15) is 17.2 Å². The quantitative estimate of drug-likeness (QED) is 0.782. The van der Waals surface area contributed by atoms with Gasteiger partial charge in [0.15, 0.2) is 0 Å². The fraction of sp³-hybridized carbons (Fsp3) is 0.368. The number of hydrogen-bond acceptors (Lipinski definition) is 1. The van der Waals surface area contributed by atoms with Crippen LogP contribution in [0.3, 0.4) is 0 Å². The molecule has 2 nitrogen and oxygen atoms in total. The minimum Gasteiger partial charge on any atom is -0.328 e. The molecule has 4 rings (SSSR count). The van der Waals surface area contributed by atoms with E-state index < -0.39 is 0 Å². The van der Waals surface area contributed by atoms with Crippen molar-refractivity contribution in [1.82, 2.24) is 0 Å². The Kier molecular flexibility index (Phi) is 4.56. The van der Waals surface area contributed by atoms with Crippen molar-refractivity contribution in [3.63, 3.8) is 0 Å². The molecule has 1 saturated heterocycles. The van der Waals surface area contributed by atoms with Crippen LogP contribution in [0.5, 0.6) is 0 Å². The third-order valence-electron chi connectivity index (χ3n) is 5.26. The van der Waals surface area contributed by atoms with Gasteiger partial charge in [0.05, 0.1) is 7.05 Å². The zero-order valence-electron chi connectivity index (χ0n) is 13.7. The molecule has 2 aromatic carbocycles. The molecule has 0 radical (unpaired) electrons. The summed E-state index contributed by atoms with van der Waals surface area (Å²) >= 11 is 7.92. The van der Waals surface area contributed by atoms with Gasteiger partial charge in [0.25, 0.3) is 0 Å². The van der Waals surface area contributed by atoms with Crippen LogP contribution in [-0.2, 0) is 6.42 Å². The van der Waals surface area contributed by atoms with Crippen molar-refractivity contribution in [3.05, 3.63) is 58.4 Å². The molecular formula is C19H22ClFN2S+2. The van der Waals surface area contributed by atoms with Crippen molar-refractivity contribution in [2.45, 2.75) is 22.3 Å². The highest BCUT2D eigenvalue weighted by Crippen LogP contribution is 2.41. The summed E-state index contributed by atoms with van der Waals surface area (Å²) in [7, 11) is 2.26. The molecule has 0 aromatic heterocycles. The zero-order valence-corrected chi connectivity index (χ0v) is 15.3. The Morgan fingerprint density at radius 1 is 1.04 bits per heavy atom. The molecule has 0 spiro atoms. The Labute approximate surface area is 151 Å². The van der Waals surface area contributed by atoms with E-state index in [1.54, 1.807) is 33.7 Å². The lowest BCUT2D eigenvalue weighted by atomic mass is 9.96. The van der Waals surface area contributed by atoms with E-state index in [9.17, 15) is 4.39 Å². The van der Waals surface area contributed by atoms with E-state index in [1.807, 2.05) is 12.1 Å². The number of rotatable bonds is 1. The van der Waals surface area contributed by atoms with Gasteiger partial charge in [-0.25, -0.2) is 4.39 Å². The summed E-state index contributed by atoms with van der Waals surface area (Å²) in [5, 5.41) is 0.781. The topological polar surface area (TPSA) is 8.88 Å². The van der Waals surface area contributed by atoms with Gasteiger partial charge in [0.1, 0.15) is 38.0 Å². The van der Waals surface area contributed by atoms with Gasteiger partial charge in [-0.15, -0.1) is 0 Å². The number of benzene rings is 2. The Morgan fingerprint density at radius 2 is 1.83 bits per heavy atom. The van der Waals surface area contributed by atoms with E-state index >= 15 is 0 Å². The average molecular weight is 365 g/mol. The zero-order chi connectivity index (χ0) is 16.7. The smallest absolute Gasteiger partial charge is 0.127 e. The SMILES string of the molecule is C[NH+]1CC[NH+]([C@@H]2Cc3cc(Cl)ccc3Sc3cc(F)ccc32)CC1. The molecule has 0 unspecified atom stereocenters. The van der Waals surface area contributed by atoms with Crippen LogP contribution in [0.25, 0.3) is 0 Å². The molecule has 0 saturated carbocycles. The molecule has 1 atom stereocenters. The van der Waals surface area contributed by atoms with Gasteiger partial charge in [-0.05, 0) is 42.0 Å². The van der Waals surface area contributed by atoms with Crippen molar-refractivity contribution in [2.24, 2.45) is 0 Å². The maximum Gasteiger partial charge on any atom is 0.127 e. The van der Waals surface area contributed by atoms with Crippen molar-refractivity contribution < 1.29 is 14.2 Å². The molecule has 5 heteroatoms. The number of quaternary nitrogens is 2. The van der Waals surface area contributed by atoms with Gasteiger partial charge >= 0.3 is 0 Å². The lowest BCUT2D eigenvalue weighted by Gasteiger charge is -2.33. The van der Waals surface area contributed by atoms with E-state index in [1.165, 1.54) is 29.1 Å². The largest absolute Gasteiger partial charge is 0.328 e. The van der Waals surface area contributed by atoms with E-state index in [2.05, 4.69) is 19.2 Å². The van der Waals surface area contributed by atoms with E-state index in [4.69, 9.17) is 11.6 Å². The van der Waals surface area contributed by atoms with E-state index in [0.717, 1.165) is 29.4 Å². The van der Waals surface area contributed by atoms with Crippen LogP contribution in [0.2, 0.25) is 5.02 Å².